The minimum absolute atomic E-state index is 0.00952. The summed E-state index contributed by atoms with van der Waals surface area (Å²) in [6.07, 6.45) is -2.97. The van der Waals surface area contributed by atoms with Crippen LogP contribution in [-0.4, -0.2) is 41.4 Å². The summed E-state index contributed by atoms with van der Waals surface area (Å²) in [7, 11) is -3.80. The van der Waals surface area contributed by atoms with Crippen LogP contribution in [0.15, 0.2) is 46.3 Å². The van der Waals surface area contributed by atoms with Crippen molar-refractivity contribution in [1.29, 1.82) is 0 Å². The van der Waals surface area contributed by atoms with Crippen LogP contribution in [0.2, 0.25) is 0 Å². The summed E-state index contributed by atoms with van der Waals surface area (Å²) in [5.74, 6) is 6.52. The normalized spacial score (nSPS) is 19.3. The van der Waals surface area contributed by atoms with Crippen LogP contribution in [0.4, 0.5) is 18.9 Å². The Morgan fingerprint density at radius 3 is 2.56 bits per heavy atom. The Bertz CT molecular complexity index is 1270. The van der Waals surface area contributed by atoms with Crippen LogP contribution in [0.5, 0.6) is 0 Å². The van der Waals surface area contributed by atoms with Crippen molar-refractivity contribution in [3.8, 4) is 11.8 Å². The lowest BCUT2D eigenvalue weighted by Crippen LogP contribution is -2.52. The van der Waals surface area contributed by atoms with Gasteiger partial charge < -0.3 is 5.32 Å². The van der Waals surface area contributed by atoms with Crippen molar-refractivity contribution < 1.29 is 21.6 Å². The molecular formula is C21H20F3IN6O2S. The zero-order valence-corrected chi connectivity index (χ0v) is 20.6. The molecular weight excluding hydrogens is 584 g/mol. The molecule has 0 spiro atoms. The lowest BCUT2D eigenvalue weighted by atomic mass is 10.2. The van der Waals surface area contributed by atoms with E-state index in [2.05, 4.69) is 32.5 Å². The highest BCUT2D eigenvalue weighted by atomic mass is 127. The molecule has 1 aliphatic carbocycles. The van der Waals surface area contributed by atoms with Crippen LogP contribution in [-0.2, 0) is 16.6 Å². The quantitative estimate of drug-likeness (QED) is 0.275. The van der Waals surface area contributed by atoms with E-state index in [-0.39, 0.29) is 16.4 Å². The number of anilines is 1. The first-order valence-corrected chi connectivity index (χ1v) is 12.7. The minimum Gasteiger partial charge on any atom is -0.350 e. The Kier molecular flexibility index (Phi) is 7.04. The number of benzene rings is 1. The van der Waals surface area contributed by atoms with Gasteiger partial charge in [-0.25, -0.2) is 18.5 Å². The summed E-state index contributed by atoms with van der Waals surface area (Å²) >= 11 is 1.88. The van der Waals surface area contributed by atoms with E-state index in [0.29, 0.717) is 23.8 Å². The number of primary sulfonamides is 1. The molecule has 34 heavy (non-hydrogen) atoms. The number of halogens is 4. The molecule has 180 valence electrons. The molecule has 1 unspecified atom stereocenters. The Hall–Kier alpha value is -2.41. The van der Waals surface area contributed by atoms with Crippen LogP contribution in [0.1, 0.15) is 29.8 Å². The largest absolute Gasteiger partial charge is 0.408 e. The molecule has 0 bridgehead atoms. The third-order valence-electron chi connectivity index (χ3n) is 4.97. The zero-order valence-electron chi connectivity index (χ0n) is 17.6. The predicted molar refractivity (Wildman–Crippen MR) is 129 cm³/mol. The number of fused-ring (bicyclic) bond motifs is 1. The van der Waals surface area contributed by atoms with Gasteiger partial charge in [-0.2, -0.15) is 13.2 Å². The lowest BCUT2D eigenvalue weighted by Gasteiger charge is -2.36. The van der Waals surface area contributed by atoms with Gasteiger partial charge in [0, 0.05) is 12.5 Å². The first kappa shape index (κ1) is 24.7. The second kappa shape index (κ2) is 9.68. The van der Waals surface area contributed by atoms with E-state index in [9.17, 15) is 21.6 Å². The summed E-state index contributed by atoms with van der Waals surface area (Å²) in [6, 6.07) is 9.43. The summed E-state index contributed by atoms with van der Waals surface area (Å²) in [4.78, 5) is 8.25. The molecule has 13 heteroatoms. The van der Waals surface area contributed by atoms with Crippen molar-refractivity contribution in [2.75, 3.05) is 11.9 Å². The van der Waals surface area contributed by atoms with Gasteiger partial charge in [-0.05, 0) is 48.6 Å². The molecule has 0 amide bonds. The van der Waals surface area contributed by atoms with Crippen LogP contribution >= 0.6 is 22.9 Å². The number of nitrogens with two attached hydrogens (primary N) is 1. The van der Waals surface area contributed by atoms with E-state index in [1.165, 1.54) is 15.2 Å². The second-order valence-corrected chi connectivity index (χ2v) is 10.4. The average molecular weight is 604 g/mol. The smallest absolute Gasteiger partial charge is 0.350 e. The molecule has 1 atom stereocenters. The van der Waals surface area contributed by atoms with Crippen LogP contribution in [0, 0.1) is 17.8 Å². The van der Waals surface area contributed by atoms with Crippen molar-refractivity contribution in [2.24, 2.45) is 16.0 Å². The van der Waals surface area contributed by atoms with Crippen molar-refractivity contribution in [2.45, 2.75) is 36.7 Å². The van der Waals surface area contributed by atoms with Gasteiger partial charge in [-0.1, -0.05) is 18.1 Å². The third kappa shape index (κ3) is 6.38. The van der Waals surface area contributed by atoms with E-state index >= 15 is 0 Å². The van der Waals surface area contributed by atoms with Crippen molar-refractivity contribution in [1.82, 2.24) is 13.4 Å². The topological polar surface area (TPSA) is 113 Å². The Morgan fingerprint density at radius 2 is 1.94 bits per heavy atom. The highest BCUT2D eigenvalue weighted by molar-refractivity contribution is 14.1. The molecule has 0 radical (unpaired) electrons. The number of amidine groups is 1. The predicted octanol–water partition coefficient (Wildman–Crippen LogP) is 2.95. The maximum Gasteiger partial charge on any atom is 0.408 e. The fraction of sp³-hybridized carbons (Fsp3) is 0.333. The number of pyridine rings is 1. The van der Waals surface area contributed by atoms with Gasteiger partial charge in [0.2, 0.25) is 10.0 Å². The molecule has 0 saturated heterocycles. The fourth-order valence-corrected chi connectivity index (χ4v) is 4.33. The number of aromatic nitrogens is 1. The lowest BCUT2D eigenvalue weighted by molar-refractivity contribution is -0.118. The first-order valence-electron chi connectivity index (χ1n) is 10.2. The first-order chi connectivity index (χ1) is 16.0. The Balaban J connectivity index is 1.56. The summed E-state index contributed by atoms with van der Waals surface area (Å²) in [5, 5.41) is 11.5. The molecule has 1 aliphatic heterocycles. The zero-order chi connectivity index (χ0) is 24.5. The molecule has 2 aliphatic rings. The number of nitrogens with zero attached hydrogens (tertiary/aromatic N) is 3. The molecule has 2 aromatic rings. The van der Waals surface area contributed by atoms with E-state index < -0.39 is 29.0 Å². The van der Waals surface area contributed by atoms with Gasteiger partial charge in [0.1, 0.15) is 17.9 Å². The number of aliphatic imine (C=N–C) groups is 1. The van der Waals surface area contributed by atoms with Gasteiger partial charge in [0.25, 0.3) is 0 Å². The Morgan fingerprint density at radius 1 is 1.24 bits per heavy atom. The Labute approximate surface area is 208 Å². The molecule has 1 aromatic heterocycles. The van der Waals surface area contributed by atoms with Gasteiger partial charge in [-0.3, -0.25) is 13.4 Å². The summed E-state index contributed by atoms with van der Waals surface area (Å²) in [6.45, 7) is -1.05. The molecule has 1 fully saturated rings. The average Bonchev–Trinajstić information content (AvgIpc) is 3.59. The minimum atomic E-state index is -4.47. The number of alkyl halides is 3. The van der Waals surface area contributed by atoms with E-state index in [4.69, 9.17) is 5.14 Å². The van der Waals surface area contributed by atoms with E-state index in [1.807, 2.05) is 22.9 Å². The second-order valence-electron chi connectivity index (χ2n) is 7.82. The van der Waals surface area contributed by atoms with Gasteiger partial charge >= 0.3 is 6.18 Å². The van der Waals surface area contributed by atoms with E-state index in [1.54, 1.807) is 24.3 Å². The van der Waals surface area contributed by atoms with Gasteiger partial charge in [-0.15, -0.1) is 0 Å². The number of hydrogen-bond acceptors (Lipinski definition) is 6. The monoisotopic (exact) mass is 604 g/mol. The maximum atomic E-state index is 12.9. The molecule has 1 saturated carbocycles. The van der Waals surface area contributed by atoms with Crippen LogP contribution in [0.25, 0.3) is 0 Å². The van der Waals surface area contributed by atoms with Gasteiger partial charge in [0.05, 0.1) is 33.4 Å². The highest BCUT2D eigenvalue weighted by Crippen LogP contribution is 2.29. The van der Waals surface area contributed by atoms with Crippen LogP contribution < -0.4 is 15.8 Å². The van der Waals surface area contributed by atoms with Crippen molar-refractivity contribution in [3.05, 3.63) is 53.3 Å². The highest BCUT2D eigenvalue weighted by Gasteiger charge is 2.33. The van der Waals surface area contributed by atoms with Gasteiger partial charge in [0.15, 0.2) is 12.1 Å². The standard InChI is InChI=1S/C21H20F3IN6O2S/c22-21(23,24)12-28-19-18-17(10-7-15(29-18)6-3-13-1-2-13)30-20(31(19)25)27-11-14-4-8-16(9-5-14)34(26,32)33/h4-5,7-10,13,20,27,30H,1-2,11-12H2,(H2,26,32,33). The molecule has 4 N–H and O–H groups in total. The van der Waals surface area contributed by atoms with Crippen molar-refractivity contribution >= 4 is 44.4 Å². The SMILES string of the molecule is NS(=O)(=O)c1ccc(CNC2Nc3ccc(C#CC4CC4)nc3C(=NCC(F)(F)F)N2I)cc1. The molecule has 1 aromatic carbocycles. The molecule has 4 rings (SSSR count). The van der Waals surface area contributed by atoms with Crippen molar-refractivity contribution in [3.63, 3.8) is 0 Å². The maximum absolute atomic E-state index is 12.9. The number of rotatable bonds is 5. The number of hydrogen-bond donors (Lipinski definition) is 3. The van der Waals surface area contributed by atoms with Crippen LogP contribution in [0.3, 0.4) is 0 Å². The number of sulfonamides is 1. The molecule has 8 nitrogen and oxygen atoms in total. The van der Waals surface area contributed by atoms with E-state index in [0.717, 1.165) is 18.4 Å². The summed E-state index contributed by atoms with van der Waals surface area (Å²) < 4.78 is 63.2. The fourth-order valence-electron chi connectivity index (χ4n) is 3.10. The number of nitrogens with one attached hydrogen (secondary N) is 2. The summed E-state index contributed by atoms with van der Waals surface area (Å²) in [5.41, 5.74) is 2.03. The third-order valence-corrected chi connectivity index (χ3v) is 6.91. The molecule has 2 heterocycles.